The Bertz CT molecular complexity index is 345. The van der Waals surface area contributed by atoms with Gasteiger partial charge in [-0.05, 0) is 12.1 Å². The van der Waals surface area contributed by atoms with Crippen LogP contribution in [0.2, 0.25) is 0 Å². The molecule has 4 nitrogen and oxygen atoms in total. The quantitative estimate of drug-likeness (QED) is 0.780. The van der Waals surface area contributed by atoms with Crippen LogP contribution in [0.5, 0.6) is 0 Å². The van der Waals surface area contributed by atoms with Crippen LogP contribution in [0, 0.1) is 0 Å². The zero-order chi connectivity index (χ0) is 11.3. The van der Waals surface area contributed by atoms with Crippen LogP contribution in [0.25, 0.3) is 0 Å². The minimum absolute atomic E-state index is 0.255. The third kappa shape index (κ3) is 3.88. The van der Waals surface area contributed by atoms with Gasteiger partial charge in [0.1, 0.15) is 0 Å². The van der Waals surface area contributed by atoms with Crippen LogP contribution in [-0.2, 0) is 11.2 Å². The number of nitrogens with one attached hydrogen (secondary N) is 1. The van der Waals surface area contributed by atoms with Crippen molar-refractivity contribution in [3.8, 4) is 0 Å². The van der Waals surface area contributed by atoms with Crippen molar-refractivity contribution in [3.05, 3.63) is 24.0 Å². The van der Waals surface area contributed by atoms with Crippen molar-refractivity contribution in [1.29, 1.82) is 0 Å². The van der Waals surface area contributed by atoms with Gasteiger partial charge in [-0.3, -0.25) is 9.78 Å². The second-order valence-electron chi connectivity index (χ2n) is 2.84. The topological polar surface area (TPSA) is 62.2 Å². The van der Waals surface area contributed by atoms with Crippen molar-refractivity contribution in [1.82, 2.24) is 4.98 Å². The van der Waals surface area contributed by atoms with Gasteiger partial charge in [-0.2, -0.15) is 0 Å². The van der Waals surface area contributed by atoms with Gasteiger partial charge in [0, 0.05) is 6.20 Å². The lowest BCUT2D eigenvalue weighted by Crippen LogP contribution is -2.13. The molecule has 15 heavy (non-hydrogen) atoms. The molecule has 0 bridgehead atoms. The Morgan fingerprint density at radius 2 is 2.33 bits per heavy atom. The summed E-state index contributed by atoms with van der Waals surface area (Å²) in [6.07, 6.45) is -1.35. The number of carbonyl (C=O) groups is 1. The van der Waals surface area contributed by atoms with Crippen molar-refractivity contribution >= 4 is 11.7 Å². The molecule has 2 N–H and O–H groups in total. The van der Waals surface area contributed by atoms with Crippen LogP contribution < -0.4 is 5.32 Å². The van der Waals surface area contributed by atoms with Gasteiger partial charge in [0.2, 0.25) is 0 Å². The Balaban J connectivity index is 2.72. The maximum absolute atomic E-state index is 11.9. The molecule has 82 valence electrons. The highest BCUT2D eigenvalue weighted by atomic mass is 19.3. The van der Waals surface area contributed by atoms with Crippen LogP contribution in [-0.4, -0.2) is 29.0 Å². The molecule has 0 spiro atoms. The average molecular weight is 216 g/mol. The van der Waals surface area contributed by atoms with Crippen LogP contribution >= 0.6 is 0 Å². The zero-order valence-corrected chi connectivity index (χ0v) is 7.78. The summed E-state index contributed by atoms with van der Waals surface area (Å²) in [6, 6.07) is 3.08. The Morgan fingerprint density at radius 1 is 1.60 bits per heavy atom. The molecule has 1 rings (SSSR count). The molecule has 0 aliphatic heterocycles. The minimum Gasteiger partial charge on any atom is -0.481 e. The summed E-state index contributed by atoms with van der Waals surface area (Å²) in [4.78, 5) is 14.3. The fraction of sp³-hybridized carbons (Fsp3) is 0.333. The van der Waals surface area contributed by atoms with E-state index >= 15 is 0 Å². The molecule has 0 aromatic carbocycles. The summed E-state index contributed by atoms with van der Waals surface area (Å²) >= 11 is 0. The van der Waals surface area contributed by atoms with E-state index < -0.39 is 18.9 Å². The number of halogens is 2. The number of nitrogens with zero attached hydrogens (tertiary/aromatic N) is 1. The van der Waals surface area contributed by atoms with Gasteiger partial charge < -0.3 is 10.4 Å². The molecule has 1 heterocycles. The molecule has 0 unspecified atom stereocenters. The van der Waals surface area contributed by atoms with Gasteiger partial charge in [-0.25, -0.2) is 8.78 Å². The number of pyridine rings is 1. The molecule has 0 radical (unpaired) electrons. The van der Waals surface area contributed by atoms with E-state index in [0.717, 1.165) is 0 Å². The highest BCUT2D eigenvalue weighted by molar-refractivity contribution is 5.72. The van der Waals surface area contributed by atoms with Crippen LogP contribution in [0.15, 0.2) is 18.3 Å². The lowest BCUT2D eigenvalue weighted by molar-refractivity contribution is -0.136. The lowest BCUT2D eigenvalue weighted by atomic mass is 10.2. The third-order valence-electron chi connectivity index (χ3n) is 1.66. The predicted octanol–water partition coefficient (Wildman–Crippen LogP) is 1.39. The fourth-order valence-corrected chi connectivity index (χ4v) is 1.07. The predicted molar refractivity (Wildman–Crippen MR) is 50.1 cm³/mol. The van der Waals surface area contributed by atoms with Crippen molar-refractivity contribution in [2.24, 2.45) is 0 Å². The standard InChI is InChI=1S/C9H10F2N2O2/c10-8(11)5-13-6-2-1-3-12-7(6)4-9(14)15/h1-3,8,13H,4-5H2,(H,14,15). The molecule has 0 saturated carbocycles. The monoisotopic (exact) mass is 216 g/mol. The van der Waals surface area contributed by atoms with E-state index in [-0.39, 0.29) is 12.1 Å². The molecule has 6 heteroatoms. The van der Waals surface area contributed by atoms with Crippen molar-refractivity contribution in [2.45, 2.75) is 12.8 Å². The molecule has 0 fully saturated rings. The molecule has 1 aromatic heterocycles. The summed E-state index contributed by atoms with van der Waals surface area (Å²) in [7, 11) is 0. The number of carboxylic acid groups (broad SMARTS) is 1. The van der Waals surface area contributed by atoms with Crippen LogP contribution in [0.1, 0.15) is 5.69 Å². The molecule has 0 aliphatic carbocycles. The fourth-order valence-electron chi connectivity index (χ4n) is 1.07. The summed E-state index contributed by atoms with van der Waals surface area (Å²) in [6.45, 7) is -0.516. The second-order valence-corrected chi connectivity index (χ2v) is 2.84. The number of rotatable bonds is 5. The number of aliphatic carboxylic acids is 1. The van der Waals surface area contributed by atoms with Gasteiger partial charge in [0.05, 0.1) is 24.3 Å². The van der Waals surface area contributed by atoms with Gasteiger partial charge in [0.15, 0.2) is 0 Å². The largest absolute Gasteiger partial charge is 0.481 e. The smallest absolute Gasteiger partial charge is 0.309 e. The summed E-state index contributed by atoms with van der Waals surface area (Å²) in [5.74, 6) is -1.05. The third-order valence-corrected chi connectivity index (χ3v) is 1.66. The zero-order valence-electron chi connectivity index (χ0n) is 7.78. The first-order valence-corrected chi connectivity index (χ1v) is 4.27. The lowest BCUT2D eigenvalue weighted by Gasteiger charge is -2.08. The maximum Gasteiger partial charge on any atom is 0.309 e. The summed E-state index contributed by atoms with van der Waals surface area (Å²) in [5.41, 5.74) is 0.589. The van der Waals surface area contributed by atoms with Crippen molar-refractivity contribution < 1.29 is 18.7 Å². The van der Waals surface area contributed by atoms with Gasteiger partial charge in [0.25, 0.3) is 6.43 Å². The highest BCUT2D eigenvalue weighted by Gasteiger charge is 2.09. The summed E-state index contributed by atoms with van der Waals surface area (Å²) in [5, 5.41) is 11.0. The number of hydrogen-bond acceptors (Lipinski definition) is 3. The maximum atomic E-state index is 11.9. The van der Waals surface area contributed by atoms with E-state index in [4.69, 9.17) is 5.11 Å². The van der Waals surface area contributed by atoms with E-state index in [0.29, 0.717) is 5.69 Å². The van der Waals surface area contributed by atoms with Crippen LogP contribution in [0.3, 0.4) is 0 Å². The first kappa shape index (κ1) is 11.4. The molecule has 1 aromatic rings. The van der Waals surface area contributed by atoms with Crippen molar-refractivity contribution in [2.75, 3.05) is 11.9 Å². The number of alkyl halides is 2. The Labute approximate surface area is 84.9 Å². The molecule has 0 aliphatic rings. The van der Waals surface area contributed by atoms with Crippen LogP contribution in [0.4, 0.5) is 14.5 Å². The second kappa shape index (κ2) is 5.23. The first-order valence-electron chi connectivity index (χ1n) is 4.27. The molecular weight excluding hydrogens is 206 g/mol. The van der Waals surface area contributed by atoms with E-state index in [1.165, 1.54) is 12.3 Å². The van der Waals surface area contributed by atoms with E-state index in [1.807, 2.05) is 0 Å². The molecule has 0 atom stereocenters. The molecule has 0 amide bonds. The van der Waals surface area contributed by atoms with E-state index in [9.17, 15) is 13.6 Å². The summed E-state index contributed by atoms with van der Waals surface area (Å²) < 4.78 is 23.8. The first-order chi connectivity index (χ1) is 7.09. The number of carboxylic acids is 1. The van der Waals surface area contributed by atoms with Gasteiger partial charge in [-0.15, -0.1) is 0 Å². The average Bonchev–Trinajstić information content (AvgIpc) is 2.15. The van der Waals surface area contributed by atoms with Gasteiger partial charge in [-0.1, -0.05) is 0 Å². The van der Waals surface area contributed by atoms with Crippen molar-refractivity contribution in [3.63, 3.8) is 0 Å². The Hall–Kier alpha value is -1.72. The minimum atomic E-state index is -2.48. The number of anilines is 1. The SMILES string of the molecule is O=C(O)Cc1ncccc1NCC(F)F. The molecule has 0 saturated heterocycles. The number of aromatic nitrogens is 1. The van der Waals surface area contributed by atoms with E-state index in [2.05, 4.69) is 10.3 Å². The van der Waals surface area contributed by atoms with E-state index in [1.54, 1.807) is 6.07 Å². The Kier molecular flexibility index (Phi) is 3.96. The number of hydrogen-bond donors (Lipinski definition) is 2. The Morgan fingerprint density at radius 3 is 2.93 bits per heavy atom. The van der Waals surface area contributed by atoms with Gasteiger partial charge >= 0.3 is 5.97 Å². The highest BCUT2D eigenvalue weighted by Crippen LogP contribution is 2.13. The molecular formula is C9H10F2N2O2. The normalized spacial score (nSPS) is 10.3.